The van der Waals surface area contributed by atoms with E-state index in [2.05, 4.69) is 10.6 Å². The number of amides is 2. The zero-order valence-electron chi connectivity index (χ0n) is 13.3. The molecule has 3 rings (SSSR count). The van der Waals surface area contributed by atoms with Crippen LogP contribution in [0.3, 0.4) is 0 Å². The summed E-state index contributed by atoms with van der Waals surface area (Å²) in [5.41, 5.74) is 6.51. The zero-order valence-corrected chi connectivity index (χ0v) is 14.1. The van der Waals surface area contributed by atoms with Gasteiger partial charge in [0.25, 0.3) is 11.8 Å². The van der Waals surface area contributed by atoms with Gasteiger partial charge in [0.05, 0.1) is 23.1 Å². The summed E-state index contributed by atoms with van der Waals surface area (Å²) < 4.78 is 18.3. The van der Waals surface area contributed by atoms with E-state index in [9.17, 15) is 14.0 Å². The van der Waals surface area contributed by atoms with Crippen LogP contribution < -0.4 is 16.4 Å². The summed E-state index contributed by atoms with van der Waals surface area (Å²) in [5.74, 6) is -0.991. The Kier molecular flexibility index (Phi) is 6.17. The van der Waals surface area contributed by atoms with Crippen molar-refractivity contribution in [1.29, 1.82) is 0 Å². The fraction of sp³-hybridized carbons (Fsp3) is 0.294. The van der Waals surface area contributed by atoms with Crippen molar-refractivity contribution >= 4 is 29.9 Å². The van der Waals surface area contributed by atoms with Gasteiger partial charge in [-0.15, -0.1) is 12.4 Å². The molecule has 8 heteroatoms. The summed E-state index contributed by atoms with van der Waals surface area (Å²) in [6.45, 7) is 0.343. The van der Waals surface area contributed by atoms with Crippen molar-refractivity contribution < 1.29 is 18.4 Å². The second kappa shape index (κ2) is 8.13. The first kappa shape index (κ1) is 19.0. The lowest BCUT2D eigenvalue weighted by atomic mass is 10.1. The Balaban J connectivity index is 0.00000225. The van der Waals surface area contributed by atoms with E-state index in [0.29, 0.717) is 12.5 Å². The largest absolute Gasteiger partial charge is 0.472 e. The number of nitrogens with two attached hydrogens (primary N) is 1. The van der Waals surface area contributed by atoms with Crippen LogP contribution in [-0.4, -0.2) is 24.4 Å². The Morgan fingerprint density at radius 1 is 1.28 bits per heavy atom. The molecule has 1 aliphatic rings. The van der Waals surface area contributed by atoms with E-state index in [-0.39, 0.29) is 35.3 Å². The molecule has 1 aliphatic carbocycles. The second-order valence-corrected chi connectivity index (χ2v) is 5.87. The Bertz CT molecular complexity index is 748. The molecular formula is C17H19ClFN3O3. The normalized spacial score (nSPS) is 14.3. The summed E-state index contributed by atoms with van der Waals surface area (Å²) in [6, 6.07) is 5.00. The fourth-order valence-electron chi connectivity index (χ4n) is 2.40. The van der Waals surface area contributed by atoms with Gasteiger partial charge < -0.3 is 20.8 Å². The molecule has 25 heavy (non-hydrogen) atoms. The molecule has 0 aliphatic heterocycles. The molecule has 2 amide bonds. The van der Waals surface area contributed by atoms with Gasteiger partial charge in [-0.2, -0.15) is 0 Å². The van der Waals surface area contributed by atoms with Gasteiger partial charge in [0.15, 0.2) is 0 Å². The lowest BCUT2D eigenvalue weighted by Gasteiger charge is -2.14. The Labute approximate surface area is 150 Å². The third kappa shape index (κ3) is 4.80. The molecule has 0 radical (unpaired) electrons. The monoisotopic (exact) mass is 367 g/mol. The molecule has 6 nitrogen and oxygen atoms in total. The Morgan fingerprint density at radius 2 is 2.04 bits per heavy atom. The van der Waals surface area contributed by atoms with E-state index in [1.54, 1.807) is 0 Å². The van der Waals surface area contributed by atoms with E-state index in [4.69, 9.17) is 10.2 Å². The first-order valence-corrected chi connectivity index (χ1v) is 7.71. The number of carbonyl (C=O) groups is 2. The number of halogens is 2. The number of carbonyl (C=O) groups excluding carboxylic acids is 2. The molecule has 1 atom stereocenters. The summed E-state index contributed by atoms with van der Waals surface area (Å²) in [6.07, 6.45) is 4.79. The summed E-state index contributed by atoms with van der Waals surface area (Å²) in [5, 5.41) is 5.26. The van der Waals surface area contributed by atoms with Crippen LogP contribution in [0.1, 0.15) is 33.6 Å². The smallest absolute Gasteiger partial charge is 0.258 e. The molecule has 1 aromatic carbocycles. The molecule has 0 bridgehead atoms. The van der Waals surface area contributed by atoms with Crippen molar-refractivity contribution in [3.8, 4) is 0 Å². The van der Waals surface area contributed by atoms with Crippen LogP contribution in [-0.2, 0) is 0 Å². The highest BCUT2D eigenvalue weighted by atomic mass is 35.5. The van der Waals surface area contributed by atoms with E-state index in [0.717, 1.165) is 18.9 Å². The van der Waals surface area contributed by atoms with Gasteiger partial charge in [-0.1, -0.05) is 0 Å². The van der Waals surface area contributed by atoms with Gasteiger partial charge in [0.2, 0.25) is 0 Å². The number of furan rings is 1. The highest BCUT2D eigenvalue weighted by molar-refractivity contribution is 6.08. The third-order valence-corrected chi connectivity index (χ3v) is 3.98. The van der Waals surface area contributed by atoms with Gasteiger partial charge in [-0.25, -0.2) is 4.39 Å². The zero-order chi connectivity index (χ0) is 17.1. The fourth-order valence-corrected chi connectivity index (χ4v) is 2.40. The van der Waals surface area contributed by atoms with Crippen LogP contribution >= 0.6 is 12.4 Å². The lowest BCUT2D eigenvalue weighted by Crippen LogP contribution is -2.38. The molecular weight excluding hydrogens is 349 g/mol. The molecule has 134 valence electrons. The van der Waals surface area contributed by atoms with Gasteiger partial charge >= 0.3 is 0 Å². The summed E-state index contributed by atoms with van der Waals surface area (Å²) in [4.78, 5) is 24.4. The Morgan fingerprint density at radius 3 is 2.68 bits per heavy atom. The summed E-state index contributed by atoms with van der Waals surface area (Å²) in [7, 11) is 0. The number of benzene rings is 1. The molecule has 1 saturated carbocycles. The first-order chi connectivity index (χ1) is 11.5. The highest BCUT2D eigenvalue weighted by Crippen LogP contribution is 2.31. The number of nitrogens with one attached hydrogen (secondary N) is 2. The minimum Gasteiger partial charge on any atom is -0.472 e. The predicted octanol–water partition coefficient (Wildman–Crippen LogP) is 2.56. The number of hydrogen-bond donors (Lipinski definition) is 3. The van der Waals surface area contributed by atoms with Crippen LogP contribution in [0, 0.1) is 11.7 Å². The predicted molar refractivity (Wildman–Crippen MR) is 93.3 cm³/mol. The number of anilines is 1. The van der Waals surface area contributed by atoms with Gasteiger partial charge in [0.1, 0.15) is 12.1 Å². The molecule has 2 aromatic rings. The molecule has 1 unspecified atom stereocenters. The van der Waals surface area contributed by atoms with E-state index in [1.165, 1.54) is 30.7 Å². The maximum atomic E-state index is 13.5. The average molecular weight is 368 g/mol. The maximum Gasteiger partial charge on any atom is 0.258 e. The number of hydrogen-bond acceptors (Lipinski definition) is 4. The van der Waals surface area contributed by atoms with Gasteiger partial charge in [-0.3, -0.25) is 9.59 Å². The lowest BCUT2D eigenvalue weighted by molar-refractivity contribution is 0.0951. The van der Waals surface area contributed by atoms with Crippen molar-refractivity contribution in [1.82, 2.24) is 5.32 Å². The van der Waals surface area contributed by atoms with Crippen LogP contribution in [0.15, 0.2) is 41.2 Å². The highest BCUT2D eigenvalue weighted by Gasteiger charge is 2.28. The molecule has 4 N–H and O–H groups in total. The third-order valence-electron chi connectivity index (χ3n) is 3.98. The van der Waals surface area contributed by atoms with Gasteiger partial charge in [-0.05, 0) is 43.0 Å². The van der Waals surface area contributed by atoms with E-state index >= 15 is 0 Å². The topological polar surface area (TPSA) is 97.4 Å². The van der Waals surface area contributed by atoms with Crippen LogP contribution in [0.2, 0.25) is 0 Å². The van der Waals surface area contributed by atoms with Crippen LogP contribution in [0.4, 0.5) is 10.1 Å². The van der Waals surface area contributed by atoms with Crippen LogP contribution in [0.25, 0.3) is 0 Å². The van der Waals surface area contributed by atoms with E-state index in [1.807, 2.05) is 0 Å². The summed E-state index contributed by atoms with van der Waals surface area (Å²) >= 11 is 0. The van der Waals surface area contributed by atoms with Crippen molar-refractivity contribution in [2.75, 3.05) is 11.9 Å². The minimum atomic E-state index is -0.552. The van der Waals surface area contributed by atoms with Crippen molar-refractivity contribution in [2.45, 2.75) is 18.9 Å². The average Bonchev–Trinajstić information content (AvgIpc) is 3.26. The van der Waals surface area contributed by atoms with E-state index < -0.39 is 17.6 Å². The quantitative estimate of drug-likeness (QED) is 0.730. The Hall–Kier alpha value is -2.38. The number of rotatable bonds is 6. The molecule has 0 spiro atoms. The second-order valence-electron chi connectivity index (χ2n) is 5.87. The van der Waals surface area contributed by atoms with Crippen molar-refractivity contribution in [2.24, 2.45) is 11.7 Å². The van der Waals surface area contributed by atoms with Crippen molar-refractivity contribution in [3.63, 3.8) is 0 Å². The molecule has 1 heterocycles. The molecule has 0 saturated heterocycles. The van der Waals surface area contributed by atoms with Crippen LogP contribution in [0.5, 0.6) is 0 Å². The minimum absolute atomic E-state index is 0. The maximum absolute atomic E-state index is 13.5. The van der Waals surface area contributed by atoms with Gasteiger partial charge in [0, 0.05) is 12.6 Å². The molecule has 1 aromatic heterocycles. The SMILES string of the molecule is Cl.NC(CNC(=O)c1ccc(F)cc1NC(=O)c1ccoc1)C1CC1. The standard InChI is InChI=1S/C17H18FN3O3.ClH/c18-12-3-4-13(17(23)20-8-14(19)10-1-2-10)15(7-12)21-16(22)11-5-6-24-9-11;/h3-7,9-10,14H,1-2,8,19H2,(H,20,23)(H,21,22);1H. The first-order valence-electron chi connectivity index (χ1n) is 7.71. The molecule has 1 fully saturated rings. The van der Waals surface area contributed by atoms with Crippen molar-refractivity contribution in [3.05, 3.63) is 53.7 Å².